The average molecular weight is 319 g/mol. The van der Waals surface area contributed by atoms with Crippen LogP contribution in [0.1, 0.15) is 45.2 Å². The molecule has 1 aromatic rings. The van der Waals surface area contributed by atoms with Gasteiger partial charge >= 0.3 is 0 Å². The topological polar surface area (TPSA) is 39.7 Å². The van der Waals surface area contributed by atoms with Gasteiger partial charge in [-0.25, -0.2) is 0 Å². The predicted octanol–water partition coefficient (Wildman–Crippen LogP) is 3.24. The zero-order valence-electron chi connectivity index (χ0n) is 15.5. The van der Waals surface area contributed by atoms with Crippen LogP contribution in [0, 0.1) is 5.92 Å². The van der Waals surface area contributed by atoms with Crippen LogP contribution in [-0.4, -0.2) is 37.5 Å². The van der Waals surface area contributed by atoms with E-state index in [9.17, 15) is 0 Å². The minimum absolute atomic E-state index is 0.704. The molecule has 0 spiro atoms. The molecular formula is C19H34N4. The summed E-state index contributed by atoms with van der Waals surface area (Å²) in [5.41, 5.74) is 2.73. The van der Waals surface area contributed by atoms with Gasteiger partial charge in [-0.05, 0) is 36.6 Å². The fourth-order valence-corrected chi connectivity index (χ4v) is 2.45. The molecule has 2 N–H and O–H groups in total. The summed E-state index contributed by atoms with van der Waals surface area (Å²) in [5.74, 6) is 1.58. The molecule has 0 saturated carbocycles. The van der Waals surface area contributed by atoms with E-state index in [-0.39, 0.29) is 0 Å². The molecule has 0 fully saturated rings. The van der Waals surface area contributed by atoms with E-state index in [0.717, 1.165) is 45.1 Å². The Bertz CT molecular complexity index is 464. The fourth-order valence-electron chi connectivity index (χ4n) is 2.45. The van der Waals surface area contributed by atoms with Crippen LogP contribution in [-0.2, 0) is 13.1 Å². The molecule has 0 heterocycles. The predicted molar refractivity (Wildman–Crippen MR) is 101 cm³/mol. The van der Waals surface area contributed by atoms with Gasteiger partial charge in [0.2, 0.25) is 0 Å². The van der Waals surface area contributed by atoms with Gasteiger partial charge in [0.25, 0.3) is 0 Å². The largest absolute Gasteiger partial charge is 0.356 e. The quantitative estimate of drug-likeness (QED) is 0.542. The first-order valence-electron chi connectivity index (χ1n) is 8.84. The second-order valence-corrected chi connectivity index (χ2v) is 6.27. The van der Waals surface area contributed by atoms with Crippen LogP contribution in [0.2, 0.25) is 0 Å². The molecule has 0 bridgehead atoms. The summed E-state index contributed by atoms with van der Waals surface area (Å²) in [4.78, 5) is 6.75. The van der Waals surface area contributed by atoms with Crippen molar-refractivity contribution in [1.29, 1.82) is 0 Å². The van der Waals surface area contributed by atoms with Gasteiger partial charge in [0, 0.05) is 26.7 Å². The van der Waals surface area contributed by atoms with Crippen molar-refractivity contribution in [2.24, 2.45) is 10.9 Å². The summed E-state index contributed by atoms with van der Waals surface area (Å²) in [6, 6.07) is 8.66. The van der Waals surface area contributed by atoms with Crippen LogP contribution in [0.25, 0.3) is 0 Å². The third-order valence-electron chi connectivity index (χ3n) is 4.09. The van der Waals surface area contributed by atoms with Crippen molar-refractivity contribution in [3.05, 3.63) is 35.4 Å². The van der Waals surface area contributed by atoms with Gasteiger partial charge in [-0.2, -0.15) is 0 Å². The molecule has 0 unspecified atom stereocenters. The Balaban J connectivity index is 2.59. The Morgan fingerprint density at radius 3 is 2.30 bits per heavy atom. The van der Waals surface area contributed by atoms with E-state index in [0.29, 0.717) is 5.92 Å². The lowest BCUT2D eigenvalue weighted by Gasteiger charge is -2.20. The number of nitrogens with zero attached hydrogens (tertiary/aromatic N) is 2. The maximum atomic E-state index is 4.31. The third-order valence-corrected chi connectivity index (χ3v) is 4.09. The molecule has 0 saturated heterocycles. The van der Waals surface area contributed by atoms with Crippen molar-refractivity contribution >= 4 is 5.96 Å². The van der Waals surface area contributed by atoms with Gasteiger partial charge in [-0.15, -0.1) is 0 Å². The smallest absolute Gasteiger partial charge is 0.191 e. The first-order valence-corrected chi connectivity index (χ1v) is 8.84. The zero-order chi connectivity index (χ0) is 17.1. The Hall–Kier alpha value is -1.55. The Morgan fingerprint density at radius 2 is 1.74 bits per heavy atom. The highest BCUT2D eigenvalue weighted by Crippen LogP contribution is 2.11. The van der Waals surface area contributed by atoms with E-state index >= 15 is 0 Å². The summed E-state index contributed by atoms with van der Waals surface area (Å²) in [6.45, 7) is 13.8. The number of hydrogen-bond acceptors (Lipinski definition) is 2. The molecule has 0 aliphatic rings. The average Bonchev–Trinajstić information content (AvgIpc) is 2.56. The number of nitrogens with one attached hydrogen (secondary N) is 2. The Labute approximate surface area is 142 Å². The number of rotatable bonds is 9. The van der Waals surface area contributed by atoms with Crippen molar-refractivity contribution in [2.75, 3.05) is 26.7 Å². The summed E-state index contributed by atoms with van der Waals surface area (Å²) in [7, 11) is 1.83. The van der Waals surface area contributed by atoms with Crippen LogP contribution in [0.5, 0.6) is 0 Å². The first-order chi connectivity index (χ1) is 11.1. The van der Waals surface area contributed by atoms with Crippen LogP contribution in [0.15, 0.2) is 29.3 Å². The molecule has 23 heavy (non-hydrogen) atoms. The maximum absolute atomic E-state index is 4.31. The van der Waals surface area contributed by atoms with Crippen LogP contribution in [0.3, 0.4) is 0 Å². The van der Waals surface area contributed by atoms with Crippen LogP contribution >= 0.6 is 0 Å². The van der Waals surface area contributed by atoms with Gasteiger partial charge in [0.05, 0.1) is 0 Å². The van der Waals surface area contributed by atoms with Crippen LogP contribution in [0.4, 0.5) is 0 Å². The molecule has 0 aliphatic carbocycles. The zero-order valence-corrected chi connectivity index (χ0v) is 15.5. The van der Waals surface area contributed by atoms with Gasteiger partial charge in [0.15, 0.2) is 5.96 Å². The molecule has 0 aromatic heterocycles. The van der Waals surface area contributed by atoms with Crippen LogP contribution < -0.4 is 10.6 Å². The molecule has 1 rings (SSSR count). The van der Waals surface area contributed by atoms with Gasteiger partial charge in [0.1, 0.15) is 0 Å². The van der Waals surface area contributed by atoms with Crippen molar-refractivity contribution < 1.29 is 0 Å². The van der Waals surface area contributed by atoms with E-state index in [1.807, 2.05) is 7.05 Å². The number of aliphatic imine (C=N–C) groups is 1. The lowest BCUT2D eigenvalue weighted by molar-refractivity contribution is 0.295. The second-order valence-electron chi connectivity index (χ2n) is 6.27. The highest BCUT2D eigenvalue weighted by Gasteiger charge is 2.07. The normalized spacial score (nSPS) is 12.0. The highest BCUT2D eigenvalue weighted by molar-refractivity contribution is 5.79. The molecule has 0 amide bonds. The summed E-state index contributed by atoms with van der Waals surface area (Å²) >= 11 is 0. The second kappa shape index (κ2) is 11.1. The van der Waals surface area contributed by atoms with E-state index < -0.39 is 0 Å². The molecular weight excluding hydrogens is 284 g/mol. The van der Waals surface area contributed by atoms with Gasteiger partial charge < -0.3 is 10.6 Å². The summed E-state index contributed by atoms with van der Waals surface area (Å²) < 4.78 is 0. The number of guanidine groups is 1. The molecule has 0 atom stereocenters. The minimum atomic E-state index is 0.704. The lowest BCUT2D eigenvalue weighted by Crippen LogP contribution is -2.38. The van der Waals surface area contributed by atoms with E-state index in [2.05, 4.69) is 72.5 Å². The SMILES string of the molecule is CCN(CC)Cc1ccccc1CNC(=NC)NCCC(C)C. The standard InChI is InChI=1S/C19H34N4/c1-6-23(7-2)15-18-11-9-8-10-17(18)14-22-19(20-5)21-13-12-16(3)4/h8-11,16H,6-7,12-15H2,1-5H3,(H2,20,21,22). The van der Waals surface area contributed by atoms with E-state index in [1.54, 1.807) is 0 Å². The van der Waals surface area contributed by atoms with Crippen molar-refractivity contribution in [1.82, 2.24) is 15.5 Å². The minimum Gasteiger partial charge on any atom is -0.356 e. The molecule has 1 aromatic carbocycles. The Morgan fingerprint density at radius 1 is 1.09 bits per heavy atom. The van der Waals surface area contributed by atoms with Gasteiger partial charge in [-0.3, -0.25) is 9.89 Å². The summed E-state index contributed by atoms with van der Waals surface area (Å²) in [6.07, 6.45) is 1.15. The first kappa shape index (κ1) is 19.5. The molecule has 4 heteroatoms. The van der Waals surface area contributed by atoms with Crippen molar-refractivity contribution in [3.8, 4) is 0 Å². The third kappa shape index (κ3) is 7.51. The van der Waals surface area contributed by atoms with Crippen molar-refractivity contribution in [2.45, 2.75) is 47.2 Å². The fraction of sp³-hybridized carbons (Fsp3) is 0.632. The van der Waals surface area contributed by atoms with Gasteiger partial charge in [-0.1, -0.05) is 52.0 Å². The maximum Gasteiger partial charge on any atom is 0.191 e. The Kier molecular flexibility index (Phi) is 9.37. The molecule has 0 radical (unpaired) electrons. The highest BCUT2D eigenvalue weighted by atomic mass is 15.2. The number of benzene rings is 1. The van der Waals surface area contributed by atoms with Crippen molar-refractivity contribution in [3.63, 3.8) is 0 Å². The van der Waals surface area contributed by atoms with E-state index in [4.69, 9.17) is 0 Å². The lowest BCUT2D eigenvalue weighted by atomic mass is 10.1. The monoisotopic (exact) mass is 318 g/mol. The molecule has 130 valence electrons. The van der Waals surface area contributed by atoms with E-state index in [1.165, 1.54) is 11.1 Å². The summed E-state index contributed by atoms with van der Waals surface area (Å²) in [5, 5.41) is 6.81. The number of hydrogen-bond donors (Lipinski definition) is 2. The molecule has 4 nitrogen and oxygen atoms in total. The molecule has 0 aliphatic heterocycles.